The van der Waals surface area contributed by atoms with E-state index in [2.05, 4.69) is 21.0 Å². The molecule has 6 rings (SSSR count). The van der Waals surface area contributed by atoms with Gasteiger partial charge in [-0.05, 0) is 57.9 Å². The first-order chi connectivity index (χ1) is 19.1. The molecule has 4 aromatic carbocycles. The van der Waals surface area contributed by atoms with Gasteiger partial charge in [0.25, 0.3) is 5.56 Å². The molecule has 0 fully saturated rings. The highest BCUT2D eigenvalue weighted by Gasteiger charge is 2.17. The van der Waals surface area contributed by atoms with Crippen molar-refractivity contribution < 1.29 is 13.9 Å². The second-order valence-electron chi connectivity index (χ2n) is 8.76. The number of fused-ring (bicyclic) bond motifs is 2. The summed E-state index contributed by atoms with van der Waals surface area (Å²) in [6.07, 6.45) is 1.58. The SMILES string of the molecule is COc1cc(C=Nn2c(-c3cc4ccccc4o3)nc3ccccc3c2=O)c(Br)cc1OCc1ccccc1. The Bertz CT molecular complexity index is 1860. The number of benzene rings is 4. The van der Waals surface area contributed by atoms with Gasteiger partial charge in [-0.25, -0.2) is 4.98 Å². The number of furan rings is 1. The molecule has 0 atom stereocenters. The van der Waals surface area contributed by atoms with E-state index in [1.165, 1.54) is 4.68 Å². The number of methoxy groups -OCH3 is 1. The zero-order valence-corrected chi connectivity index (χ0v) is 22.5. The van der Waals surface area contributed by atoms with Crippen LogP contribution in [0.2, 0.25) is 0 Å². The van der Waals surface area contributed by atoms with Gasteiger partial charge in [-0.1, -0.05) is 60.7 Å². The van der Waals surface area contributed by atoms with Crippen molar-refractivity contribution in [3.8, 4) is 23.1 Å². The lowest BCUT2D eigenvalue weighted by Crippen LogP contribution is -2.20. The molecule has 0 unspecified atom stereocenters. The van der Waals surface area contributed by atoms with Crippen LogP contribution in [0.1, 0.15) is 11.1 Å². The molecule has 2 heterocycles. The van der Waals surface area contributed by atoms with E-state index in [1.807, 2.05) is 72.8 Å². The normalized spacial score (nSPS) is 11.4. The fraction of sp³-hybridized carbons (Fsp3) is 0.0645. The molecule has 0 aliphatic carbocycles. The first-order valence-corrected chi connectivity index (χ1v) is 13.0. The predicted molar refractivity (Wildman–Crippen MR) is 156 cm³/mol. The van der Waals surface area contributed by atoms with Crippen LogP contribution < -0.4 is 15.0 Å². The molecule has 0 saturated carbocycles. The molecule has 0 radical (unpaired) electrons. The molecule has 0 aliphatic heterocycles. The Morgan fingerprint density at radius 1 is 0.949 bits per heavy atom. The number of ether oxygens (including phenoxy) is 2. The second-order valence-corrected chi connectivity index (χ2v) is 9.62. The topological polar surface area (TPSA) is 78.9 Å². The van der Waals surface area contributed by atoms with Gasteiger partial charge >= 0.3 is 0 Å². The second kappa shape index (κ2) is 10.6. The Labute approximate surface area is 232 Å². The summed E-state index contributed by atoms with van der Waals surface area (Å²) in [6.45, 7) is 0.399. The number of para-hydroxylation sites is 2. The standard InChI is InChI=1S/C31H22BrN3O4/c1-37-27-16-22(24(32)17-28(27)38-19-20-9-3-2-4-10-20)18-33-35-30(29-15-21-11-5-8-14-26(21)39-29)34-25-13-7-6-12-23(25)31(35)36/h2-18H,19H2,1H3. The molecule has 0 bridgehead atoms. The van der Waals surface area contributed by atoms with Crippen molar-refractivity contribution in [2.24, 2.45) is 5.10 Å². The van der Waals surface area contributed by atoms with Crippen LogP contribution in [0, 0.1) is 0 Å². The average Bonchev–Trinajstić information content (AvgIpc) is 3.41. The Balaban J connectivity index is 1.41. The van der Waals surface area contributed by atoms with Gasteiger partial charge in [0.2, 0.25) is 5.82 Å². The molecule has 7 nitrogen and oxygen atoms in total. The minimum atomic E-state index is -0.307. The molecule has 0 spiro atoms. The summed E-state index contributed by atoms with van der Waals surface area (Å²) >= 11 is 3.61. The van der Waals surface area contributed by atoms with E-state index in [1.54, 1.807) is 37.6 Å². The monoisotopic (exact) mass is 579 g/mol. The molecular weight excluding hydrogens is 558 g/mol. The Hall–Kier alpha value is -4.69. The zero-order valence-electron chi connectivity index (χ0n) is 20.9. The lowest BCUT2D eigenvalue weighted by molar-refractivity contribution is 0.284. The van der Waals surface area contributed by atoms with E-state index in [0.29, 0.717) is 51.7 Å². The van der Waals surface area contributed by atoms with Crippen molar-refractivity contribution in [3.05, 3.63) is 123 Å². The van der Waals surface area contributed by atoms with E-state index >= 15 is 0 Å². The summed E-state index contributed by atoms with van der Waals surface area (Å²) in [6, 6.07) is 30.2. The third kappa shape index (κ3) is 4.94. The minimum absolute atomic E-state index is 0.303. The molecule has 0 saturated heterocycles. The van der Waals surface area contributed by atoms with Crippen LogP contribution in [0.15, 0.2) is 116 Å². The molecule has 0 N–H and O–H groups in total. The van der Waals surface area contributed by atoms with E-state index in [4.69, 9.17) is 18.9 Å². The Kier molecular flexibility index (Phi) is 6.69. The molecule has 8 heteroatoms. The summed E-state index contributed by atoms with van der Waals surface area (Å²) < 4.78 is 19.6. The molecule has 6 aromatic rings. The number of nitrogens with zero attached hydrogens (tertiary/aromatic N) is 3. The minimum Gasteiger partial charge on any atom is -0.493 e. The van der Waals surface area contributed by atoms with Crippen molar-refractivity contribution in [1.82, 2.24) is 9.66 Å². The van der Waals surface area contributed by atoms with E-state index in [-0.39, 0.29) is 5.56 Å². The maximum atomic E-state index is 13.6. The van der Waals surface area contributed by atoms with Crippen molar-refractivity contribution >= 4 is 44.0 Å². The number of hydrogen-bond donors (Lipinski definition) is 0. The molecule has 192 valence electrons. The van der Waals surface area contributed by atoms with Crippen LogP contribution in [-0.4, -0.2) is 23.0 Å². The maximum absolute atomic E-state index is 13.6. The zero-order chi connectivity index (χ0) is 26.8. The van der Waals surface area contributed by atoms with Gasteiger partial charge in [-0.2, -0.15) is 9.78 Å². The van der Waals surface area contributed by atoms with Gasteiger partial charge in [-0.3, -0.25) is 4.79 Å². The quantitative estimate of drug-likeness (QED) is 0.189. The van der Waals surface area contributed by atoms with Crippen LogP contribution in [0.4, 0.5) is 0 Å². The highest BCUT2D eigenvalue weighted by Crippen LogP contribution is 2.34. The van der Waals surface area contributed by atoms with Gasteiger partial charge in [0.05, 0.1) is 24.2 Å². The van der Waals surface area contributed by atoms with Crippen molar-refractivity contribution in [3.63, 3.8) is 0 Å². The highest BCUT2D eigenvalue weighted by molar-refractivity contribution is 9.10. The van der Waals surface area contributed by atoms with Gasteiger partial charge in [0, 0.05) is 15.4 Å². The van der Waals surface area contributed by atoms with Crippen molar-refractivity contribution in [1.29, 1.82) is 0 Å². The number of hydrogen-bond acceptors (Lipinski definition) is 6. The number of halogens is 1. The van der Waals surface area contributed by atoms with Crippen LogP contribution >= 0.6 is 15.9 Å². The number of aromatic nitrogens is 2. The lowest BCUT2D eigenvalue weighted by Gasteiger charge is -2.13. The summed E-state index contributed by atoms with van der Waals surface area (Å²) in [5.41, 5.74) is 2.69. The van der Waals surface area contributed by atoms with E-state index < -0.39 is 0 Å². The van der Waals surface area contributed by atoms with Crippen LogP contribution in [0.5, 0.6) is 11.5 Å². The van der Waals surface area contributed by atoms with E-state index in [0.717, 1.165) is 15.4 Å². The summed E-state index contributed by atoms with van der Waals surface area (Å²) in [5.74, 6) is 1.87. The molecular formula is C31H22BrN3O4. The van der Waals surface area contributed by atoms with Gasteiger partial charge in [0.15, 0.2) is 17.3 Å². The Morgan fingerprint density at radius 2 is 1.72 bits per heavy atom. The Morgan fingerprint density at radius 3 is 2.54 bits per heavy atom. The first-order valence-electron chi connectivity index (χ1n) is 12.2. The van der Waals surface area contributed by atoms with Crippen LogP contribution in [-0.2, 0) is 6.61 Å². The van der Waals surface area contributed by atoms with E-state index in [9.17, 15) is 4.79 Å². The third-order valence-electron chi connectivity index (χ3n) is 6.23. The van der Waals surface area contributed by atoms with Crippen LogP contribution in [0.3, 0.4) is 0 Å². The fourth-order valence-corrected chi connectivity index (χ4v) is 4.68. The summed E-state index contributed by atoms with van der Waals surface area (Å²) in [7, 11) is 1.58. The molecule has 39 heavy (non-hydrogen) atoms. The summed E-state index contributed by atoms with van der Waals surface area (Å²) in [5, 5.41) is 5.92. The predicted octanol–water partition coefficient (Wildman–Crippen LogP) is 7.04. The van der Waals surface area contributed by atoms with Crippen molar-refractivity contribution in [2.45, 2.75) is 6.61 Å². The summed E-state index contributed by atoms with van der Waals surface area (Å²) in [4.78, 5) is 18.3. The highest BCUT2D eigenvalue weighted by atomic mass is 79.9. The first kappa shape index (κ1) is 24.6. The smallest absolute Gasteiger partial charge is 0.282 e. The molecule has 2 aromatic heterocycles. The maximum Gasteiger partial charge on any atom is 0.282 e. The fourth-order valence-electron chi connectivity index (χ4n) is 4.26. The largest absolute Gasteiger partial charge is 0.493 e. The molecule has 0 aliphatic rings. The lowest BCUT2D eigenvalue weighted by atomic mass is 10.2. The van der Waals surface area contributed by atoms with Gasteiger partial charge in [0.1, 0.15) is 12.2 Å². The van der Waals surface area contributed by atoms with Crippen LogP contribution in [0.25, 0.3) is 33.5 Å². The van der Waals surface area contributed by atoms with Gasteiger partial charge < -0.3 is 13.9 Å². The molecule has 0 amide bonds. The van der Waals surface area contributed by atoms with Gasteiger partial charge in [-0.15, -0.1) is 0 Å². The van der Waals surface area contributed by atoms with Crippen molar-refractivity contribution in [2.75, 3.05) is 7.11 Å². The third-order valence-corrected chi connectivity index (χ3v) is 6.92. The average molecular weight is 580 g/mol. The number of rotatable bonds is 7.